The molecule has 2 unspecified atom stereocenters. The second-order valence-electron chi connectivity index (χ2n) is 10.9. The number of benzene rings is 3. The van der Waals surface area contributed by atoms with Gasteiger partial charge in [0.2, 0.25) is 0 Å². The lowest BCUT2D eigenvalue weighted by Gasteiger charge is -2.42. The van der Waals surface area contributed by atoms with Crippen LogP contribution in [-0.2, 0) is 10.2 Å². The molecule has 0 saturated carbocycles. The Hall–Kier alpha value is -3.95. The maximum atomic E-state index is 14.3. The van der Waals surface area contributed by atoms with Crippen LogP contribution in [0.3, 0.4) is 0 Å². The first-order valence-corrected chi connectivity index (χ1v) is 13.9. The van der Waals surface area contributed by atoms with E-state index in [0.717, 1.165) is 23.1 Å². The molecule has 202 valence electrons. The quantitative estimate of drug-likeness (QED) is 0.258. The molecule has 1 saturated heterocycles. The van der Waals surface area contributed by atoms with E-state index < -0.39 is 17.4 Å². The summed E-state index contributed by atoms with van der Waals surface area (Å²) in [6, 6.07) is 31.1. The number of hydrogen-bond acceptors (Lipinski definition) is 3. The number of hydrogen-bond donors (Lipinski definition) is 2. The van der Waals surface area contributed by atoms with E-state index in [1.165, 1.54) is 0 Å². The summed E-state index contributed by atoms with van der Waals surface area (Å²) in [5, 5.41) is 13.4. The number of likely N-dealkylation sites (tertiary alicyclic amines) is 1. The van der Waals surface area contributed by atoms with Gasteiger partial charge in [-0.15, -0.1) is 0 Å². The molecule has 6 nitrogen and oxygen atoms in total. The van der Waals surface area contributed by atoms with Crippen molar-refractivity contribution in [2.75, 3.05) is 13.1 Å². The van der Waals surface area contributed by atoms with Crippen LogP contribution >= 0.6 is 0 Å². The topological polar surface area (TPSA) is 96.0 Å². The molecule has 4 rings (SSSR count). The molecular weight excluding hydrogens is 484 g/mol. The van der Waals surface area contributed by atoms with Crippen LogP contribution in [0, 0.1) is 17.2 Å². The first kappa shape index (κ1) is 28.1. The van der Waals surface area contributed by atoms with Gasteiger partial charge in [-0.25, -0.2) is 9.28 Å². The smallest absolute Gasteiger partial charge is 0.364 e. The SMILES string of the molecule is CC(C)C(C#N)(CCCNC(=O)[N@@+]1(C(c2ccccc2)c2ccccc2)CCCC1C(N)=O)c1ccccc1. The van der Waals surface area contributed by atoms with Crippen LogP contribution < -0.4 is 11.1 Å². The average molecular weight is 524 g/mol. The molecule has 1 aliphatic rings. The van der Waals surface area contributed by atoms with Gasteiger partial charge in [-0.2, -0.15) is 5.26 Å². The Balaban J connectivity index is 1.63. The number of carbonyl (C=O) groups excluding carboxylic acids is 2. The van der Waals surface area contributed by atoms with E-state index in [1.807, 2.05) is 91.0 Å². The minimum Gasteiger partial charge on any atom is -0.364 e. The third-order valence-electron chi connectivity index (χ3n) is 8.46. The summed E-state index contributed by atoms with van der Waals surface area (Å²) in [6.07, 6.45) is 2.55. The molecule has 6 heteroatoms. The highest BCUT2D eigenvalue weighted by atomic mass is 16.2. The Bertz CT molecular complexity index is 1250. The Morgan fingerprint density at radius 3 is 2.00 bits per heavy atom. The van der Waals surface area contributed by atoms with E-state index in [-0.39, 0.29) is 22.5 Å². The van der Waals surface area contributed by atoms with Gasteiger partial charge >= 0.3 is 6.03 Å². The maximum Gasteiger partial charge on any atom is 0.418 e. The molecule has 1 fully saturated rings. The monoisotopic (exact) mass is 523 g/mol. The van der Waals surface area contributed by atoms with Crippen molar-refractivity contribution >= 4 is 11.9 Å². The summed E-state index contributed by atoms with van der Waals surface area (Å²) in [6.45, 7) is 5.07. The second-order valence-corrected chi connectivity index (χ2v) is 10.9. The number of nitrogens with two attached hydrogens (primary N) is 1. The predicted octanol–water partition coefficient (Wildman–Crippen LogP) is 5.85. The molecular formula is C33H39N4O2+. The first-order chi connectivity index (χ1) is 18.9. The number of quaternary nitrogens is 1. The largest absolute Gasteiger partial charge is 0.418 e. The Morgan fingerprint density at radius 2 is 1.51 bits per heavy atom. The summed E-state index contributed by atoms with van der Waals surface area (Å²) < 4.78 is -0.0738. The van der Waals surface area contributed by atoms with Gasteiger partial charge in [0.1, 0.15) is 6.04 Å². The lowest BCUT2D eigenvalue weighted by atomic mass is 9.70. The lowest BCUT2D eigenvalue weighted by Crippen LogP contribution is -2.65. The molecule has 3 amide bonds. The van der Waals surface area contributed by atoms with Crippen LogP contribution in [0.5, 0.6) is 0 Å². The van der Waals surface area contributed by atoms with Crippen LogP contribution in [-0.4, -0.2) is 35.6 Å². The van der Waals surface area contributed by atoms with Crippen LogP contribution in [0.4, 0.5) is 4.79 Å². The molecule has 0 aromatic heterocycles. The Morgan fingerprint density at radius 1 is 0.974 bits per heavy atom. The third-order valence-corrected chi connectivity index (χ3v) is 8.46. The number of urea groups is 1. The predicted molar refractivity (Wildman–Crippen MR) is 153 cm³/mol. The fourth-order valence-electron chi connectivity index (χ4n) is 6.43. The number of carbonyl (C=O) groups is 2. The van der Waals surface area contributed by atoms with Gasteiger partial charge in [0, 0.05) is 30.5 Å². The van der Waals surface area contributed by atoms with Crippen LogP contribution in [0.25, 0.3) is 0 Å². The van der Waals surface area contributed by atoms with Gasteiger partial charge in [-0.3, -0.25) is 4.79 Å². The molecule has 0 radical (unpaired) electrons. The highest BCUT2D eigenvalue weighted by Gasteiger charge is 2.57. The number of rotatable bonds is 10. The molecule has 1 heterocycles. The molecule has 1 aliphatic heterocycles. The molecule has 3 N–H and O–H groups in total. The van der Waals surface area contributed by atoms with E-state index in [9.17, 15) is 14.9 Å². The summed E-state index contributed by atoms with van der Waals surface area (Å²) in [7, 11) is 0. The van der Waals surface area contributed by atoms with E-state index in [0.29, 0.717) is 32.4 Å². The van der Waals surface area contributed by atoms with E-state index in [4.69, 9.17) is 5.73 Å². The third kappa shape index (κ3) is 5.46. The second kappa shape index (κ2) is 12.3. The van der Waals surface area contributed by atoms with Crippen molar-refractivity contribution in [1.82, 2.24) is 5.32 Å². The fourth-order valence-corrected chi connectivity index (χ4v) is 6.43. The van der Waals surface area contributed by atoms with Crippen molar-refractivity contribution in [3.8, 4) is 6.07 Å². The van der Waals surface area contributed by atoms with E-state index in [1.54, 1.807) is 0 Å². The van der Waals surface area contributed by atoms with Crippen LogP contribution in [0.1, 0.15) is 62.3 Å². The zero-order chi connectivity index (χ0) is 27.9. The van der Waals surface area contributed by atoms with E-state index in [2.05, 4.69) is 25.2 Å². The molecule has 0 aliphatic carbocycles. The molecule has 39 heavy (non-hydrogen) atoms. The Kier molecular flexibility index (Phi) is 8.83. The maximum absolute atomic E-state index is 14.3. The number of nitriles is 1. The van der Waals surface area contributed by atoms with Crippen molar-refractivity contribution in [2.45, 2.75) is 57.0 Å². The van der Waals surface area contributed by atoms with Gasteiger partial charge < -0.3 is 11.1 Å². The number of nitrogens with one attached hydrogen (secondary N) is 1. The summed E-state index contributed by atoms with van der Waals surface area (Å²) >= 11 is 0. The van der Waals surface area contributed by atoms with Crippen LogP contribution in [0.15, 0.2) is 91.0 Å². The zero-order valence-electron chi connectivity index (χ0n) is 22.9. The van der Waals surface area contributed by atoms with Crippen LogP contribution in [0.2, 0.25) is 0 Å². The van der Waals surface area contributed by atoms with Crippen molar-refractivity contribution in [1.29, 1.82) is 5.26 Å². The van der Waals surface area contributed by atoms with Crippen molar-refractivity contribution in [3.05, 3.63) is 108 Å². The fraction of sp³-hybridized carbons (Fsp3) is 0.364. The number of nitrogens with zero attached hydrogens (tertiary/aromatic N) is 2. The molecule has 3 atom stereocenters. The molecule has 0 bridgehead atoms. The van der Waals surface area contributed by atoms with Crippen molar-refractivity contribution < 1.29 is 14.1 Å². The normalized spacial score (nSPS) is 20.3. The first-order valence-electron chi connectivity index (χ1n) is 13.9. The highest BCUT2D eigenvalue weighted by molar-refractivity contribution is 5.82. The van der Waals surface area contributed by atoms with E-state index >= 15 is 0 Å². The van der Waals surface area contributed by atoms with Gasteiger partial charge in [0.15, 0.2) is 6.04 Å². The molecule has 3 aromatic rings. The van der Waals surface area contributed by atoms with Crippen molar-refractivity contribution in [3.63, 3.8) is 0 Å². The standard InChI is InChI=1S/C33H38N4O2/c1-25(2)33(24-34,28-18-10-5-11-19-28)21-13-22-36-32(39)37(23-12-20-29(37)31(35)38)30(26-14-6-3-7-15-26)27-16-8-4-9-17-27/h3-11,14-19,25,29-30H,12-13,20-23H2,1-2H3,(H2-,35,36,38,39)/p+1/t29?,33?,37-/m0/s1. The molecule has 0 spiro atoms. The average Bonchev–Trinajstić information content (AvgIpc) is 3.41. The number of amides is 3. The minimum absolute atomic E-state index is 0.0738. The van der Waals surface area contributed by atoms with Gasteiger partial charge in [-0.05, 0) is 24.3 Å². The summed E-state index contributed by atoms with van der Waals surface area (Å²) in [4.78, 5) is 27.1. The molecule has 3 aromatic carbocycles. The highest BCUT2D eigenvalue weighted by Crippen LogP contribution is 2.43. The zero-order valence-corrected chi connectivity index (χ0v) is 22.9. The lowest BCUT2D eigenvalue weighted by molar-refractivity contribution is -0.879. The van der Waals surface area contributed by atoms with Gasteiger partial charge in [0.25, 0.3) is 5.91 Å². The summed E-state index contributed by atoms with van der Waals surface area (Å²) in [5.41, 5.74) is 8.26. The summed E-state index contributed by atoms with van der Waals surface area (Å²) in [5.74, 6) is -0.343. The van der Waals surface area contributed by atoms with Gasteiger partial charge in [0.05, 0.1) is 18.0 Å². The Labute approximate surface area is 232 Å². The minimum atomic E-state index is -0.641. The number of primary amides is 1. The van der Waals surface area contributed by atoms with Crippen molar-refractivity contribution in [2.24, 2.45) is 11.7 Å². The van der Waals surface area contributed by atoms with Gasteiger partial charge in [-0.1, -0.05) is 105 Å².